The molecule has 1 amide bonds. The Balaban J connectivity index is 1.80. The van der Waals surface area contributed by atoms with Gasteiger partial charge >= 0.3 is 5.97 Å². The predicted octanol–water partition coefficient (Wildman–Crippen LogP) is 2.36. The van der Waals surface area contributed by atoms with Gasteiger partial charge in [0.15, 0.2) is 6.61 Å². The third kappa shape index (κ3) is 4.16. The van der Waals surface area contributed by atoms with Crippen molar-refractivity contribution in [2.75, 3.05) is 26.4 Å². The average molecular weight is 341 g/mol. The smallest absolute Gasteiger partial charge is 0.341 e. The second-order valence-electron chi connectivity index (χ2n) is 5.71. The van der Waals surface area contributed by atoms with Crippen molar-refractivity contribution >= 4 is 11.9 Å². The summed E-state index contributed by atoms with van der Waals surface area (Å²) in [5.41, 5.74) is 1.49. The third-order valence-electron chi connectivity index (χ3n) is 4.02. The Labute approximate surface area is 145 Å². The number of carbonyl (C=O) groups is 2. The SMILES string of the molecule is O=C(O)COc1cccc(C(=O)N2CCOCC2c2ccccc2)c1. The highest BCUT2D eigenvalue weighted by atomic mass is 16.5. The minimum Gasteiger partial charge on any atom is -0.482 e. The van der Waals surface area contributed by atoms with Gasteiger partial charge in [0.25, 0.3) is 5.91 Å². The fourth-order valence-electron chi connectivity index (χ4n) is 2.83. The molecule has 3 rings (SSSR count). The van der Waals surface area contributed by atoms with Crippen molar-refractivity contribution < 1.29 is 24.2 Å². The summed E-state index contributed by atoms with van der Waals surface area (Å²) in [5.74, 6) is -0.829. The number of amides is 1. The van der Waals surface area contributed by atoms with Crippen LogP contribution in [0.1, 0.15) is 22.0 Å². The third-order valence-corrected chi connectivity index (χ3v) is 4.02. The number of carboxylic acid groups (broad SMARTS) is 1. The van der Waals surface area contributed by atoms with Gasteiger partial charge in [-0.2, -0.15) is 0 Å². The van der Waals surface area contributed by atoms with Crippen LogP contribution in [0.15, 0.2) is 54.6 Å². The highest BCUT2D eigenvalue weighted by Crippen LogP contribution is 2.26. The van der Waals surface area contributed by atoms with Gasteiger partial charge in [-0.05, 0) is 23.8 Å². The zero-order valence-corrected chi connectivity index (χ0v) is 13.6. The predicted molar refractivity (Wildman–Crippen MR) is 90.6 cm³/mol. The van der Waals surface area contributed by atoms with E-state index in [9.17, 15) is 9.59 Å². The van der Waals surface area contributed by atoms with Crippen LogP contribution in [0, 0.1) is 0 Å². The van der Waals surface area contributed by atoms with E-state index in [-0.39, 0.29) is 11.9 Å². The fraction of sp³-hybridized carbons (Fsp3) is 0.263. The van der Waals surface area contributed by atoms with Gasteiger partial charge in [0.05, 0.1) is 19.3 Å². The maximum Gasteiger partial charge on any atom is 0.341 e. The Hall–Kier alpha value is -2.86. The number of rotatable bonds is 5. The van der Waals surface area contributed by atoms with E-state index in [0.29, 0.717) is 31.1 Å². The van der Waals surface area contributed by atoms with Crippen molar-refractivity contribution in [3.63, 3.8) is 0 Å². The Kier molecular flexibility index (Phi) is 5.30. The highest BCUT2D eigenvalue weighted by molar-refractivity contribution is 5.95. The molecule has 1 N–H and O–H groups in total. The summed E-state index contributed by atoms with van der Waals surface area (Å²) in [7, 11) is 0. The second-order valence-corrected chi connectivity index (χ2v) is 5.71. The molecule has 1 aliphatic rings. The number of nitrogens with zero attached hydrogens (tertiary/aromatic N) is 1. The van der Waals surface area contributed by atoms with E-state index < -0.39 is 12.6 Å². The van der Waals surface area contributed by atoms with Crippen LogP contribution < -0.4 is 4.74 Å². The minimum absolute atomic E-state index is 0.127. The maximum absolute atomic E-state index is 13.0. The highest BCUT2D eigenvalue weighted by Gasteiger charge is 2.29. The van der Waals surface area contributed by atoms with E-state index in [1.54, 1.807) is 29.2 Å². The van der Waals surface area contributed by atoms with Crippen LogP contribution in [0.4, 0.5) is 0 Å². The molecule has 0 aliphatic carbocycles. The topological polar surface area (TPSA) is 76.1 Å². The molecule has 6 nitrogen and oxygen atoms in total. The van der Waals surface area contributed by atoms with Crippen molar-refractivity contribution in [3.05, 3.63) is 65.7 Å². The van der Waals surface area contributed by atoms with Gasteiger partial charge < -0.3 is 19.5 Å². The van der Waals surface area contributed by atoms with Crippen molar-refractivity contribution in [3.8, 4) is 5.75 Å². The van der Waals surface area contributed by atoms with Crippen LogP contribution in [-0.2, 0) is 9.53 Å². The zero-order valence-electron chi connectivity index (χ0n) is 13.6. The van der Waals surface area contributed by atoms with Gasteiger partial charge in [-0.1, -0.05) is 36.4 Å². The number of morpholine rings is 1. The standard InChI is InChI=1S/C19H19NO5/c21-18(22)13-25-16-8-4-7-15(11-16)19(23)20-9-10-24-12-17(20)14-5-2-1-3-6-14/h1-8,11,17H,9-10,12-13H2,(H,21,22). The lowest BCUT2D eigenvalue weighted by molar-refractivity contribution is -0.139. The summed E-state index contributed by atoms with van der Waals surface area (Å²) < 4.78 is 10.7. The van der Waals surface area contributed by atoms with Crippen LogP contribution in [0.25, 0.3) is 0 Å². The molecular formula is C19H19NO5. The van der Waals surface area contributed by atoms with Crippen LogP contribution in [0.3, 0.4) is 0 Å². The molecule has 25 heavy (non-hydrogen) atoms. The van der Waals surface area contributed by atoms with Crippen LogP contribution in [0.2, 0.25) is 0 Å². The molecule has 1 heterocycles. The first kappa shape index (κ1) is 17.0. The molecule has 0 bridgehead atoms. The molecule has 1 fully saturated rings. The quantitative estimate of drug-likeness (QED) is 0.903. The van der Waals surface area contributed by atoms with E-state index in [4.69, 9.17) is 14.6 Å². The van der Waals surface area contributed by atoms with Crippen LogP contribution >= 0.6 is 0 Å². The molecule has 1 saturated heterocycles. The number of hydrogen-bond acceptors (Lipinski definition) is 4. The Morgan fingerprint density at radius 3 is 2.72 bits per heavy atom. The number of carboxylic acids is 1. The monoisotopic (exact) mass is 341 g/mol. The van der Waals surface area contributed by atoms with Gasteiger partial charge in [0.1, 0.15) is 5.75 Å². The summed E-state index contributed by atoms with van der Waals surface area (Å²) in [6.45, 7) is 0.996. The lowest BCUT2D eigenvalue weighted by Crippen LogP contribution is -2.43. The van der Waals surface area contributed by atoms with Crippen molar-refractivity contribution in [2.24, 2.45) is 0 Å². The Bertz CT molecular complexity index is 746. The molecule has 1 unspecified atom stereocenters. The first-order valence-corrected chi connectivity index (χ1v) is 8.03. The normalized spacial score (nSPS) is 17.1. The summed E-state index contributed by atoms with van der Waals surface area (Å²) in [6.07, 6.45) is 0. The Morgan fingerprint density at radius 2 is 1.96 bits per heavy atom. The zero-order chi connectivity index (χ0) is 17.6. The van der Waals surface area contributed by atoms with Gasteiger partial charge in [-0.25, -0.2) is 4.79 Å². The minimum atomic E-state index is -1.06. The van der Waals surface area contributed by atoms with Crippen molar-refractivity contribution in [2.45, 2.75) is 6.04 Å². The first-order chi connectivity index (χ1) is 12.1. The second kappa shape index (κ2) is 7.81. The van der Waals surface area contributed by atoms with Crippen molar-refractivity contribution in [1.82, 2.24) is 4.90 Å². The van der Waals surface area contributed by atoms with E-state index >= 15 is 0 Å². The molecule has 0 saturated carbocycles. The molecule has 130 valence electrons. The fourth-order valence-corrected chi connectivity index (χ4v) is 2.83. The summed E-state index contributed by atoms with van der Waals surface area (Å²) >= 11 is 0. The van der Waals surface area contributed by atoms with Gasteiger partial charge in [-0.15, -0.1) is 0 Å². The number of benzene rings is 2. The van der Waals surface area contributed by atoms with Crippen molar-refractivity contribution in [1.29, 1.82) is 0 Å². The summed E-state index contributed by atoms with van der Waals surface area (Å²) in [4.78, 5) is 25.4. The number of aliphatic carboxylic acids is 1. The molecule has 0 spiro atoms. The lowest BCUT2D eigenvalue weighted by atomic mass is 10.0. The van der Waals surface area contributed by atoms with E-state index in [0.717, 1.165) is 5.56 Å². The van der Waals surface area contributed by atoms with E-state index in [1.165, 1.54) is 0 Å². The lowest BCUT2D eigenvalue weighted by Gasteiger charge is -2.36. The number of ether oxygens (including phenoxy) is 2. The van der Waals surface area contributed by atoms with Crippen LogP contribution in [0.5, 0.6) is 5.75 Å². The molecule has 1 aliphatic heterocycles. The summed E-state index contributed by atoms with van der Waals surface area (Å²) in [6, 6.07) is 16.2. The first-order valence-electron chi connectivity index (χ1n) is 8.03. The number of carbonyl (C=O) groups excluding carboxylic acids is 1. The molecule has 1 atom stereocenters. The van der Waals surface area contributed by atoms with E-state index in [1.807, 2.05) is 30.3 Å². The van der Waals surface area contributed by atoms with Gasteiger partial charge in [0, 0.05) is 12.1 Å². The van der Waals surface area contributed by atoms with Crippen LogP contribution in [-0.4, -0.2) is 48.2 Å². The Morgan fingerprint density at radius 1 is 1.16 bits per heavy atom. The van der Waals surface area contributed by atoms with Gasteiger partial charge in [0.2, 0.25) is 0 Å². The van der Waals surface area contributed by atoms with Gasteiger partial charge in [-0.3, -0.25) is 4.79 Å². The molecule has 6 heteroatoms. The summed E-state index contributed by atoms with van der Waals surface area (Å²) in [5, 5.41) is 8.70. The maximum atomic E-state index is 13.0. The van der Waals surface area contributed by atoms with E-state index in [2.05, 4.69) is 0 Å². The molecule has 0 radical (unpaired) electrons. The average Bonchev–Trinajstić information content (AvgIpc) is 2.67. The largest absolute Gasteiger partial charge is 0.482 e. The molecule has 0 aromatic heterocycles. The molecule has 2 aromatic carbocycles. The molecular weight excluding hydrogens is 322 g/mol. The molecule has 2 aromatic rings. The number of hydrogen-bond donors (Lipinski definition) is 1.